The third kappa shape index (κ3) is 3.60. The number of aryl methyl sites for hydroxylation is 1. The number of thiocarbonyl (C=S) groups is 1. The minimum absolute atomic E-state index is 0.328. The number of halogens is 1. The lowest BCUT2D eigenvalue weighted by molar-refractivity contribution is 0.435. The van der Waals surface area contributed by atoms with Gasteiger partial charge in [-0.05, 0) is 19.1 Å². The Bertz CT molecular complexity index is 370. The molecule has 4 nitrogen and oxygen atoms in total. The normalized spacial score (nSPS) is 9.87. The SMILES string of the molecule is Cc1nc(CCl)cc(OC(=S)N(C)C)n1. The Morgan fingerprint density at radius 1 is 1.53 bits per heavy atom. The van der Waals surface area contributed by atoms with E-state index >= 15 is 0 Å². The third-order valence-electron chi connectivity index (χ3n) is 1.56. The van der Waals surface area contributed by atoms with Gasteiger partial charge in [-0.25, -0.2) is 4.98 Å². The fourth-order valence-electron chi connectivity index (χ4n) is 0.901. The predicted octanol–water partition coefficient (Wildman–Crippen LogP) is 1.75. The molecule has 1 aromatic rings. The molecule has 0 bridgehead atoms. The summed E-state index contributed by atoms with van der Waals surface area (Å²) in [6.07, 6.45) is 0. The Morgan fingerprint density at radius 2 is 2.20 bits per heavy atom. The molecule has 6 heteroatoms. The largest absolute Gasteiger partial charge is 0.413 e. The van der Waals surface area contributed by atoms with Crippen LogP contribution in [0.2, 0.25) is 0 Å². The third-order valence-corrected chi connectivity index (χ3v) is 2.28. The lowest BCUT2D eigenvalue weighted by Gasteiger charge is -2.13. The minimum atomic E-state index is 0.328. The summed E-state index contributed by atoms with van der Waals surface area (Å²) in [5, 5.41) is 0.355. The molecule has 1 rings (SSSR count). The number of ether oxygens (including phenoxy) is 1. The van der Waals surface area contributed by atoms with Gasteiger partial charge in [0.15, 0.2) is 0 Å². The molecule has 0 aliphatic carbocycles. The Kier molecular flexibility index (Phi) is 4.23. The molecule has 0 aromatic carbocycles. The fraction of sp³-hybridized carbons (Fsp3) is 0.444. The second-order valence-electron chi connectivity index (χ2n) is 3.14. The second kappa shape index (κ2) is 5.23. The molecule has 1 aromatic heterocycles. The van der Waals surface area contributed by atoms with Crippen molar-refractivity contribution in [2.75, 3.05) is 14.1 Å². The number of nitrogens with zero attached hydrogens (tertiary/aromatic N) is 3. The number of alkyl halides is 1. The average molecular weight is 246 g/mol. The van der Waals surface area contributed by atoms with Gasteiger partial charge in [0.25, 0.3) is 5.17 Å². The summed E-state index contributed by atoms with van der Waals surface area (Å²) >= 11 is 10.7. The number of aromatic nitrogens is 2. The molecule has 15 heavy (non-hydrogen) atoms. The first kappa shape index (κ1) is 12.1. The molecule has 82 valence electrons. The van der Waals surface area contributed by atoms with Crippen molar-refractivity contribution in [1.29, 1.82) is 0 Å². The van der Waals surface area contributed by atoms with Gasteiger partial charge in [0.2, 0.25) is 5.88 Å². The maximum Gasteiger partial charge on any atom is 0.265 e. The maximum absolute atomic E-state index is 5.68. The molecule has 0 amide bonds. The molecule has 0 unspecified atom stereocenters. The van der Waals surface area contributed by atoms with Crippen molar-refractivity contribution in [3.05, 3.63) is 17.6 Å². The highest BCUT2D eigenvalue weighted by atomic mass is 35.5. The Balaban J connectivity index is 2.85. The Morgan fingerprint density at radius 3 is 2.73 bits per heavy atom. The van der Waals surface area contributed by atoms with E-state index in [0.29, 0.717) is 22.8 Å². The van der Waals surface area contributed by atoms with Crippen LogP contribution in [0.4, 0.5) is 0 Å². The molecule has 0 aliphatic heterocycles. The first-order chi connectivity index (χ1) is 7.02. The minimum Gasteiger partial charge on any atom is -0.413 e. The van der Waals surface area contributed by atoms with E-state index in [1.807, 2.05) is 0 Å². The molecule has 0 radical (unpaired) electrons. The van der Waals surface area contributed by atoms with Crippen LogP contribution >= 0.6 is 23.8 Å². The van der Waals surface area contributed by atoms with Crippen LogP contribution in [-0.2, 0) is 5.88 Å². The highest BCUT2D eigenvalue weighted by Gasteiger charge is 2.06. The standard InChI is InChI=1S/C9H12ClN3OS/c1-6-11-7(5-10)4-8(12-6)14-9(15)13(2)3/h4H,5H2,1-3H3. The van der Waals surface area contributed by atoms with Gasteiger partial charge in [-0.3, -0.25) is 0 Å². The molecule has 0 saturated heterocycles. The van der Waals surface area contributed by atoms with Crippen LogP contribution in [0.1, 0.15) is 11.5 Å². The van der Waals surface area contributed by atoms with E-state index in [9.17, 15) is 0 Å². The summed E-state index contributed by atoms with van der Waals surface area (Å²) in [4.78, 5) is 9.91. The van der Waals surface area contributed by atoms with Crippen LogP contribution in [0, 0.1) is 6.92 Å². The van der Waals surface area contributed by atoms with Crippen molar-refractivity contribution < 1.29 is 4.74 Å². The van der Waals surface area contributed by atoms with E-state index in [2.05, 4.69) is 9.97 Å². The quantitative estimate of drug-likeness (QED) is 0.586. The van der Waals surface area contributed by atoms with E-state index < -0.39 is 0 Å². The van der Waals surface area contributed by atoms with Crippen molar-refractivity contribution in [3.8, 4) is 5.88 Å². The van der Waals surface area contributed by atoms with E-state index in [-0.39, 0.29) is 0 Å². The van der Waals surface area contributed by atoms with Gasteiger partial charge in [-0.15, -0.1) is 11.6 Å². The summed E-state index contributed by atoms with van der Waals surface area (Å²) < 4.78 is 5.35. The fourth-order valence-corrected chi connectivity index (χ4v) is 1.12. The summed E-state index contributed by atoms with van der Waals surface area (Å²) in [7, 11) is 3.61. The average Bonchev–Trinajstić information content (AvgIpc) is 2.16. The van der Waals surface area contributed by atoms with Crippen LogP contribution in [0.3, 0.4) is 0 Å². The highest BCUT2D eigenvalue weighted by Crippen LogP contribution is 2.11. The van der Waals surface area contributed by atoms with Gasteiger partial charge in [0.1, 0.15) is 5.82 Å². The summed E-state index contributed by atoms with van der Waals surface area (Å²) in [5.41, 5.74) is 0.723. The summed E-state index contributed by atoms with van der Waals surface area (Å²) in [6.45, 7) is 1.78. The van der Waals surface area contributed by atoms with E-state index in [0.717, 1.165) is 5.69 Å². The summed E-state index contributed by atoms with van der Waals surface area (Å²) in [5.74, 6) is 1.37. The maximum atomic E-state index is 5.68. The first-order valence-electron chi connectivity index (χ1n) is 4.32. The lowest BCUT2D eigenvalue weighted by atomic mass is 10.4. The number of hydrogen-bond donors (Lipinski definition) is 0. The van der Waals surface area contributed by atoms with E-state index in [1.54, 1.807) is 32.0 Å². The van der Waals surface area contributed by atoms with Crippen LogP contribution in [0.15, 0.2) is 6.07 Å². The number of hydrogen-bond acceptors (Lipinski definition) is 4. The van der Waals surface area contributed by atoms with Gasteiger partial charge in [-0.1, -0.05) is 0 Å². The summed E-state index contributed by atoms with van der Waals surface area (Å²) in [6, 6.07) is 1.68. The van der Waals surface area contributed by atoms with Crippen LogP contribution in [0.25, 0.3) is 0 Å². The molecule has 1 heterocycles. The van der Waals surface area contributed by atoms with Crippen molar-refractivity contribution in [3.63, 3.8) is 0 Å². The Hall–Kier alpha value is -0.940. The van der Waals surface area contributed by atoms with Crippen molar-refractivity contribution in [2.45, 2.75) is 12.8 Å². The Labute approximate surface area is 99.2 Å². The smallest absolute Gasteiger partial charge is 0.265 e. The van der Waals surface area contributed by atoms with Crippen LogP contribution in [-0.4, -0.2) is 34.1 Å². The van der Waals surface area contributed by atoms with Gasteiger partial charge in [-0.2, -0.15) is 4.98 Å². The van der Waals surface area contributed by atoms with Crippen molar-refractivity contribution in [1.82, 2.24) is 14.9 Å². The highest BCUT2D eigenvalue weighted by molar-refractivity contribution is 7.80. The lowest BCUT2D eigenvalue weighted by Crippen LogP contribution is -2.25. The van der Waals surface area contributed by atoms with Gasteiger partial charge < -0.3 is 9.64 Å². The monoisotopic (exact) mass is 245 g/mol. The van der Waals surface area contributed by atoms with Crippen LogP contribution < -0.4 is 4.74 Å². The zero-order chi connectivity index (χ0) is 11.4. The molecule has 0 atom stereocenters. The zero-order valence-corrected chi connectivity index (χ0v) is 10.4. The number of rotatable bonds is 2. The molecule has 0 N–H and O–H groups in total. The second-order valence-corrected chi connectivity index (χ2v) is 3.76. The van der Waals surface area contributed by atoms with E-state index in [4.69, 9.17) is 28.6 Å². The molecule has 0 spiro atoms. The van der Waals surface area contributed by atoms with Gasteiger partial charge in [0.05, 0.1) is 11.6 Å². The predicted molar refractivity (Wildman–Crippen MR) is 63.2 cm³/mol. The van der Waals surface area contributed by atoms with Crippen molar-refractivity contribution in [2.24, 2.45) is 0 Å². The van der Waals surface area contributed by atoms with Crippen LogP contribution in [0.5, 0.6) is 5.88 Å². The molecule has 0 aliphatic rings. The molecular formula is C9H12ClN3OS. The van der Waals surface area contributed by atoms with Crippen molar-refractivity contribution >= 4 is 29.0 Å². The first-order valence-corrected chi connectivity index (χ1v) is 5.27. The topological polar surface area (TPSA) is 38.2 Å². The molecule has 0 saturated carbocycles. The van der Waals surface area contributed by atoms with Gasteiger partial charge in [0, 0.05) is 20.2 Å². The van der Waals surface area contributed by atoms with Gasteiger partial charge >= 0.3 is 0 Å². The molecular weight excluding hydrogens is 234 g/mol. The molecule has 0 fully saturated rings. The van der Waals surface area contributed by atoms with E-state index in [1.165, 1.54) is 0 Å². The zero-order valence-electron chi connectivity index (χ0n) is 8.82.